The summed E-state index contributed by atoms with van der Waals surface area (Å²) in [6.07, 6.45) is 3.25. The predicted octanol–water partition coefficient (Wildman–Crippen LogP) is 1.14. The van der Waals surface area contributed by atoms with Crippen molar-refractivity contribution < 1.29 is 9.59 Å². The molecular formula is C21H29N5O2. The smallest absolute Gasteiger partial charge is 0.231 e. The molecule has 7 heteroatoms. The summed E-state index contributed by atoms with van der Waals surface area (Å²) in [5.41, 5.74) is 2.15. The highest BCUT2D eigenvalue weighted by Crippen LogP contribution is 2.36. The van der Waals surface area contributed by atoms with E-state index < -0.39 is 0 Å². The van der Waals surface area contributed by atoms with Crippen LogP contribution in [0, 0.1) is 5.41 Å². The number of aliphatic imine (C=N–C) groups is 1. The molecular weight excluding hydrogens is 354 g/mol. The SMILES string of the molecule is CCNC(=NCCN1C(=O)Cc2ccccc21)N1CCCC2(CNC(=O)C2)C1. The Kier molecular flexibility index (Phi) is 5.24. The number of carbonyl (C=O) groups is 2. The largest absolute Gasteiger partial charge is 0.357 e. The lowest BCUT2D eigenvalue weighted by molar-refractivity contribution is -0.120. The van der Waals surface area contributed by atoms with Crippen molar-refractivity contribution in [1.29, 1.82) is 0 Å². The number of likely N-dealkylation sites (tertiary alicyclic amines) is 1. The summed E-state index contributed by atoms with van der Waals surface area (Å²) < 4.78 is 0. The van der Waals surface area contributed by atoms with Gasteiger partial charge in [0.15, 0.2) is 5.96 Å². The van der Waals surface area contributed by atoms with Gasteiger partial charge in [-0.05, 0) is 31.4 Å². The van der Waals surface area contributed by atoms with Crippen molar-refractivity contribution in [2.24, 2.45) is 10.4 Å². The summed E-state index contributed by atoms with van der Waals surface area (Å²) in [5.74, 6) is 1.20. The molecule has 0 radical (unpaired) electrons. The van der Waals surface area contributed by atoms with E-state index in [1.807, 2.05) is 29.2 Å². The number of hydrogen-bond acceptors (Lipinski definition) is 3. The molecule has 150 valence electrons. The van der Waals surface area contributed by atoms with E-state index in [0.717, 1.165) is 56.2 Å². The molecule has 1 aromatic rings. The maximum absolute atomic E-state index is 12.3. The zero-order valence-corrected chi connectivity index (χ0v) is 16.5. The molecule has 2 fully saturated rings. The summed E-state index contributed by atoms with van der Waals surface area (Å²) in [6.45, 7) is 6.57. The highest BCUT2D eigenvalue weighted by Gasteiger charge is 2.42. The van der Waals surface area contributed by atoms with Gasteiger partial charge in [0.2, 0.25) is 11.8 Å². The third-order valence-electron chi connectivity index (χ3n) is 6.00. The highest BCUT2D eigenvalue weighted by atomic mass is 16.2. The van der Waals surface area contributed by atoms with Crippen molar-refractivity contribution in [1.82, 2.24) is 15.5 Å². The molecule has 3 heterocycles. The molecule has 1 unspecified atom stereocenters. The molecule has 3 aliphatic heterocycles. The number of benzene rings is 1. The molecule has 0 aromatic heterocycles. The summed E-state index contributed by atoms with van der Waals surface area (Å²) in [4.78, 5) is 33.0. The fourth-order valence-corrected chi connectivity index (χ4v) is 4.67. The van der Waals surface area contributed by atoms with Crippen LogP contribution in [0.25, 0.3) is 0 Å². The van der Waals surface area contributed by atoms with E-state index in [0.29, 0.717) is 25.9 Å². The molecule has 28 heavy (non-hydrogen) atoms. The van der Waals surface area contributed by atoms with E-state index in [2.05, 4.69) is 22.5 Å². The number of fused-ring (bicyclic) bond motifs is 1. The van der Waals surface area contributed by atoms with Gasteiger partial charge in [-0.2, -0.15) is 0 Å². The molecule has 0 saturated carbocycles. The number of guanidine groups is 1. The van der Waals surface area contributed by atoms with Crippen LogP contribution in [0.1, 0.15) is 31.7 Å². The Hall–Kier alpha value is -2.57. The maximum atomic E-state index is 12.3. The minimum atomic E-state index is 0.0371. The van der Waals surface area contributed by atoms with E-state index in [-0.39, 0.29) is 17.2 Å². The van der Waals surface area contributed by atoms with Crippen LogP contribution in [-0.2, 0) is 16.0 Å². The van der Waals surface area contributed by atoms with Crippen LogP contribution in [0.5, 0.6) is 0 Å². The van der Waals surface area contributed by atoms with E-state index in [1.54, 1.807) is 0 Å². The van der Waals surface area contributed by atoms with Gasteiger partial charge in [-0.1, -0.05) is 18.2 Å². The third-order valence-corrected chi connectivity index (χ3v) is 6.00. The molecule has 2 saturated heterocycles. The van der Waals surface area contributed by atoms with Crippen LogP contribution < -0.4 is 15.5 Å². The minimum absolute atomic E-state index is 0.0371. The molecule has 4 rings (SSSR count). The van der Waals surface area contributed by atoms with Crippen LogP contribution in [0.3, 0.4) is 0 Å². The number of amides is 2. The zero-order chi connectivity index (χ0) is 19.6. The molecule has 2 amide bonds. The van der Waals surface area contributed by atoms with Crippen LogP contribution in [0.2, 0.25) is 0 Å². The lowest BCUT2D eigenvalue weighted by Crippen LogP contribution is -2.51. The molecule has 7 nitrogen and oxygen atoms in total. The second-order valence-electron chi connectivity index (χ2n) is 8.07. The lowest BCUT2D eigenvalue weighted by Gasteiger charge is -2.40. The summed E-state index contributed by atoms with van der Waals surface area (Å²) >= 11 is 0. The van der Waals surface area contributed by atoms with Gasteiger partial charge in [0, 0.05) is 50.2 Å². The van der Waals surface area contributed by atoms with E-state index in [4.69, 9.17) is 4.99 Å². The van der Waals surface area contributed by atoms with Crippen LogP contribution in [0.4, 0.5) is 5.69 Å². The number of nitrogens with one attached hydrogen (secondary N) is 2. The summed E-state index contributed by atoms with van der Waals surface area (Å²) in [5, 5.41) is 6.39. The first-order valence-corrected chi connectivity index (χ1v) is 10.3. The van der Waals surface area contributed by atoms with Gasteiger partial charge in [0.05, 0.1) is 13.0 Å². The Morgan fingerprint density at radius 1 is 1.32 bits per heavy atom. The number of piperidine rings is 1. The standard InChI is InChI=1S/C21H29N5O2/c1-2-22-20(25-10-5-8-21(15-25)13-18(27)24-14-21)23-9-11-26-17-7-4-3-6-16(17)12-19(26)28/h3-4,6-7H,2,5,8-15H2,1H3,(H,22,23)(H,24,27). The topological polar surface area (TPSA) is 77.0 Å². The van der Waals surface area contributed by atoms with Gasteiger partial charge in [-0.15, -0.1) is 0 Å². The van der Waals surface area contributed by atoms with Crippen LogP contribution in [0.15, 0.2) is 29.3 Å². The first-order valence-electron chi connectivity index (χ1n) is 10.3. The van der Waals surface area contributed by atoms with Gasteiger partial charge in [-0.25, -0.2) is 0 Å². The number of rotatable bonds is 4. The number of anilines is 1. The summed E-state index contributed by atoms with van der Waals surface area (Å²) in [7, 11) is 0. The van der Waals surface area contributed by atoms with Crippen molar-refractivity contribution >= 4 is 23.5 Å². The van der Waals surface area contributed by atoms with Gasteiger partial charge in [-0.3, -0.25) is 14.6 Å². The third kappa shape index (κ3) is 3.70. The molecule has 0 aliphatic carbocycles. The number of nitrogens with zero attached hydrogens (tertiary/aromatic N) is 3. The maximum Gasteiger partial charge on any atom is 0.231 e. The Balaban J connectivity index is 1.42. The molecule has 3 aliphatic rings. The van der Waals surface area contributed by atoms with Gasteiger partial charge in [0.25, 0.3) is 0 Å². The van der Waals surface area contributed by atoms with Crippen molar-refractivity contribution in [3.05, 3.63) is 29.8 Å². The Labute approximate surface area is 166 Å². The summed E-state index contributed by atoms with van der Waals surface area (Å²) in [6, 6.07) is 7.98. The van der Waals surface area contributed by atoms with Crippen LogP contribution >= 0.6 is 0 Å². The monoisotopic (exact) mass is 383 g/mol. The lowest BCUT2D eigenvalue weighted by atomic mass is 9.79. The average molecular weight is 383 g/mol. The molecule has 2 N–H and O–H groups in total. The quantitative estimate of drug-likeness (QED) is 0.604. The molecule has 1 spiro atoms. The first kappa shape index (κ1) is 18.8. The average Bonchev–Trinajstić information content (AvgIpc) is 3.20. The highest BCUT2D eigenvalue weighted by molar-refractivity contribution is 6.01. The van der Waals surface area contributed by atoms with Crippen molar-refractivity contribution in [3.8, 4) is 0 Å². The Bertz CT molecular complexity index is 793. The fourth-order valence-electron chi connectivity index (χ4n) is 4.67. The van der Waals surface area contributed by atoms with E-state index >= 15 is 0 Å². The van der Waals surface area contributed by atoms with Crippen molar-refractivity contribution in [2.75, 3.05) is 44.2 Å². The second kappa shape index (κ2) is 7.81. The van der Waals surface area contributed by atoms with Crippen molar-refractivity contribution in [2.45, 2.75) is 32.6 Å². The second-order valence-corrected chi connectivity index (χ2v) is 8.07. The van der Waals surface area contributed by atoms with Crippen LogP contribution in [-0.4, -0.2) is 61.9 Å². The van der Waals surface area contributed by atoms with Gasteiger partial charge >= 0.3 is 0 Å². The number of hydrogen-bond donors (Lipinski definition) is 2. The predicted molar refractivity (Wildman–Crippen MR) is 109 cm³/mol. The Morgan fingerprint density at radius 2 is 2.18 bits per heavy atom. The molecule has 1 aromatic carbocycles. The fraction of sp³-hybridized carbons (Fsp3) is 0.571. The molecule has 1 atom stereocenters. The van der Waals surface area contributed by atoms with E-state index in [9.17, 15) is 9.59 Å². The Morgan fingerprint density at radius 3 is 2.96 bits per heavy atom. The zero-order valence-electron chi connectivity index (χ0n) is 16.5. The van der Waals surface area contributed by atoms with Gasteiger partial charge in [0.1, 0.15) is 0 Å². The number of carbonyl (C=O) groups excluding carboxylic acids is 2. The first-order chi connectivity index (χ1) is 13.6. The normalized spacial score (nSPS) is 24.7. The van der Waals surface area contributed by atoms with Crippen molar-refractivity contribution in [3.63, 3.8) is 0 Å². The minimum Gasteiger partial charge on any atom is -0.357 e. The molecule has 0 bridgehead atoms. The number of para-hydroxylation sites is 1. The van der Waals surface area contributed by atoms with E-state index in [1.165, 1.54) is 0 Å². The van der Waals surface area contributed by atoms with Gasteiger partial charge < -0.3 is 20.4 Å².